The molecule has 4 nitrogen and oxygen atoms in total. The van der Waals surface area contributed by atoms with Crippen molar-refractivity contribution in [3.63, 3.8) is 0 Å². The Morgan fingerprint density at radius 2 is 1.71 bits per heavy atom. The average molecular weight is 377 g/mol. The number of unbranched alkanes of at least 4 members (excludes halogenated alkanes) is 1. The summed E-state index contributed by atoms with van der Waals surface area (Å²) < 4.78 is 11.3. The fourth-order valence-corrected chi connectivity index (χ4v) is 3.11. The molecule has 0 saturated heterocycles. The Hall–Kier alpha value is -3.01. The Morgan fingerprint density at radius 3 is 2.46 bits per heavy atom. The van der Waals surface area contributed by atoms with Crippen molar-refractivity contribution in [2.45, 2.75) is 39.2 Å². The molecule has 0 spiro atoms. The highest BCUT2D eigenvalue weighted by molar-refractivity contribution is 5.90. The molecule has 1 N–H and O–H groups in total. The maximum Gasteiger partial charge on any atom is 0.413 e. The Bertz CT molecular complexity index is 900. The van der Waals surface area contributed by atoms with Crippen LogP contribution in [0.2, 0.25) is 0 Å². The highest BCUT2D eigenvalue weighted by atomic mass is 16.6. The van der Waals surface area contributed by atoms with Crippen LogP contribution in [0.5, 0.6) is 11.5 Å². The Morgan fingerprint density at radius 1 is 0.964 bits per heavy atom. The maximum absolute atomic E-state index is 12.5. The lowest BCUT2D eigenvalue weighted by molar-refractivity contribution is 0.196. The predicted molar refractivity (Wildman–Crippen MR) is 113 cm³/mol. The van der Waals surface area contributed by atoms with Crippen LogP contribution >= 0.6 is 0 Å². The van der Waals surface area contributed by atoms with Gasteiger partial charge < -0.3 is 14.8 Å². The van der Waals surface area contributed by atoms with Gasteiger partial charge in [-0.15, -0.1) is 0 Å². The molecule has 0 aliphatic heterocycles. The van der Waals surface area contributed by atoms with E-state index in [0.29, 0.717) is 5.75 Å². The molecular formula is C24H27NO3. The average Bonchev–Trinajstić information content (AvgIpc) is 2.73. The van der Waals surface area contributed by atoms with E-state index in [0.717, 1.165) is 48.0 Å². The van der Waals surface area contributed by atoms with Crippen LogP contribution < -0.4 is 14.8 Å². The van der Waals surface area contributed by atoms with Gasteiger partial charge in [0, 0.05) is 5.39 Å². The first-order chi connectivity index (χ1) is 13.7. The monoisotopic (exact) mass is 377 g/mol. The zero-order valence-electron chi connectivity index (χ0n) is 16.5. The molecule has 0 fully saturated rings. The molecule has 1 unspecified atom stereocenters. The number of hydrogen-bond donors (Lipinski definition) is 1. The van der Waals surface area contributed by atoms with E-state index in [1.54, 1.807) is 0 Å². The molecule has 3 rings (SSSR count). The zero-order chi connectivity index (χ0) is 19.8. The van der Waals surface area contributed by atoms with E-state index in [1.807, 2.05) is 73.7 Å². The highest BCUT2D eigenvalue weighted by Gasteiger charge is 2.15. The standard InChI is InChI=1S/C24H27NO3/c1-3-5-17-27-20-15-13-19(14-16-20)22(4-2)25-24(26)28-23-12-8-10-18-9-6-7-11-21(18)23/h6-16,22H,3-5,17H2,1-2H3,(H,25,26). The summed E-state index contributed by atoms with van der Waals surface area (Å²) in [7, 11) is 0. The summed E-state index contributed by atoms with van der Waals surface area (Å²) in [4.78, 5) is 12.5. The van der Waals surface area contributed by atoms with Gasteiger partial charge in [0.25, 0.3) is 0 Å². The van der Waals surface area contributed by atoms with Crippen molar-refractivity contribution in [3.8, 4) is 11.5 Å². The molecule has 0 aromatic heterocycles. The van der Waals surface area contributed by atoms with Crippen molar-refractivity contribution < 1.29 is 14.3 Å². The lowest BCUT2D eigenvalue weighted by atomic mass is 10.0. The van der Waals surface area contributed by atoms with Gasteiger partial charge >= 0.3 is 6.09 Å². The van der Waals surface area contributed by atoms with Gasteiger partial charge in [0.2, 0.25) is 0 Å². The number of carbonyl (C=O) groups excluding carboxylic acids is 1. The Balaban J connectivity index is 1.64. The minimum absolute atomic E-state index is 0.118. The number of hydrogen-bond acceptors (Lipinski definition) is 3. The van der Waals surface area contributed by atoms with E-state index in [4.69, 9.17) is 9.47 Å². The van der Waals surface area contributed by atoms with Gasteiger partial charge in [-0.1, -0.05) is 68.8 Å². The summed E-state index contributed by atoms with van der Waals surface area (Å²) in [5, 5.41) is 4.92. The van der Waals surface area contributed by atoms with Crippen LogP contribution in [0.3, 0.4) is 0 Å². The number of rotatable bonds is 8. The van der Waals surface area contributed by atoms with E-state index in [1.165, 1.54) is 0 Å². The molecule has 0 radical (unpaired) electrons. The quantitative estimate of drug-likeness (QED) is 0.471. The molecule has 3 aromatic rings. The molecule has 0 bridgehead atoms. The topological polar surface area (TPSA) is 47.6 Å². The fourth-order valence-electron chi connectivity index (χ4n) is 3.11. The van der Waals surface area contributed by atoms with Gasteiger partial charge in [-0.2, -0.15) is 0 Å². The van der Waals surface area contributed by atoms with Crippen molar-refractivity contribution in [1.82, 2.24) is 5.32 Å². The summed E-state index contributed by atoms with van der Waals surface area (Å²) in [6.45, 7) is 4.90. The summed E-state index contributed by atoms with van der Waals surface area (Å²) in [5.41, 5.74) is 1.03. The largest absolute Gasteiger partial charge is 0.494 e. The smallest absolute Gasteiger partial charge is 0.413 e. The molecule has 1 atom stereocenters. The minimum Gasteiger partial charge on any atom is -0.494 e. The molecule has 0 saturated carbocycles. The van der Waals surface area contributed by atoms with Crippen LogP contribution in [0.4, 0.5) is 4.79 Å². The lowest BCUT2D eigenvalue weighted by Crippen LogP contribution is -2.30. The maximum atomic E-state index is 12.5. The first kappa shape index (κ1) is 19.7. The third-order valence-corrected chi connectivity index (χ3v) is 4.70. The summed E-state index contributed by atoms with van der Waals surface area (Å²) in [6.07, 6.45) is 2.46. The first-order valence-electron chi connectivity index (χ1n) is 9.90. The molecule has 0 aliphatic carbocycles. The fraction of sp³-hybridized carbons (Fsp3) is 0.292. The Labute approximate surface area is 166 Å². The number of amides is 1. The minimum atomic E-state index is -0.452. The summed E-state index contributed by atoms with van der Waals surface area (Å²) in [5.74, 6) is 1.41. The van der Waals surface area contributed by atoms with Gasteiger partial charge in [0.1, 0.15) is 11.5 Å². The molecule has 1 amide bonds. The molecule has 28 heavy (non-hydrogen) atoms. The van der Waals surface area contributed by atoms with Gasteiger partial charge in [0.15, 0.2) is 0 Å². The van der Waals surface area contributed by atoms with Crippen LogP contribution in [-0.2, 0) is 0 Å². The summed E-state index contributed by atoms with van der Waals surface area (Å²) >= 11 is 0. The van der Waals surface area contributed by atoms with Crippen molar-refractivity contribution in [2.24, 2.45) is 0 Å². The number of fused-ring (bicyclic) bond motifs is 1. The normalized spacial score (nSPS) is 11.8. The second kappa shape index (κ2) is 9.79. The van der Waals surface area contributed by atoms with E-state index in [9.17, 15) is 4.79 Å². The van der Waals surface area contributed by atoms with Crippen LogP contribution in [-0.4, -0.2) is 12.7 Å². The van der Waals surface area contributed by atoms with Crippen LogP contribution in [0.15, 0.2) is 66.7 Å². The van der Waals surface area contributed by atoms with E-state index >= 15 is 0 Å². The zero-order valence-corrected chi connectivity index (χ0v) is 16.5. The Kier molecular flexibility index (Phi) is 6.90. The molecule has 4 heteroatoms. The van der Waals surface area contributed by atoms with E-state index in [-0.39, 0.29) is 6.04 Å². The van der Waals surface area contributed by atoms with Crippen molar-refractivity contribution in [1.29, 1.82) is 0 Å². The van der Waals surface area contributed by atoms with Crippen LogP contribution in [0.1, 0.15) is 44.7 Å². The number of nitrogens with one attached hydrogen (secondary N) is 1. The number of carbonyl (C=O) groups is 1. The van der Waals surface area contributed by atoms with Gasteiger partial charge in [-0.25, -0.2) is 4.79 Å². The molecule has 3 aromatic carbocycles. The lowest BCUT2D eigenvalue weighted by Gasteiger charge is -2.18. The number of benzene rings is 3. The molecule has 0 aliphatic rings. The predicted octanol–water partition coefficient (Wildman–Crippen LogP) is 6.26. The SMILES string of the molecule is CCCCOc1ccc(C(CC)NC(=O)Oc2cccc3ccccc23)cc1. The molecular weight excluding hydrogens is 350 g/mol. The van der Waals surface area contributed by atoms with Crippen LogP contribution in [0, 0.1) is 0 Å². The van der Waals surface area contributed by atoms with Crippen LogP contribution in [0.25, 0.3) is 10.8 Å². The third kappa shape index (κ3) is 5.03. The van der Waals surface area contributed by atoms with Crippen molar-refractivity contribution in [3.05, 3.63) is 72.3 Å². The van der Waals surface area contributed by atoms with Gasteiger partial charge in [-0.3, -0.25) is 0 Å². The van der Waals surface area contributed by atoms with E-state index < -0.39 is 6.09 Å². The molecule has 0 heterocycles. The van der Waals surface area contributed by atoms with Gasteiger partial charge in [0.05, 0.1) is 12.6 Å². The number of ether oxygens (including phenoxy) is 2. The van der Waals surface area contributed by atoms with Gasteiger partial charge in [-0.05, 0) is 42.0 Å². The highest BCUT2D eigenvalue weighted by Crippen LogP contribution is 2.26. The van der Waals surface area contributed by atoms with Crippen molar-refractivity contribution >= 4 is 16.9 Å². The summed E-state index contributed by atoms with van der Waals surface area (Å²) in [6, 6.07) is 21.3. The second-order valence-corrected chi connectivity index (χ2v) is 6.74. The molecule has 146 valence electrons. The second-order valence-electron chi connectivity index (χ2n) is 6.74. The van der Waals surface area contributed by atoms with E-state index in [2.05, 4.69) is 12.2 Å². The third-order valence-electron chi connectivity index (χ3n) is 4.70. The van der Waals surface area contributed by atoms with Crippen molar-refractivity contribution in [2.75, 3.05) is 6.61 Å². The first-order valence-corrected chi connectivity index (χ1v) is 9.90.